The number of rotatable bonds is 7. The van der Waals surface area contributed by atoms with Gasteiger partial charge in [0.25, 0.3) is 0 Å². The summed E-state index contributed by atoms with van der Waals surface area (Å²) in [6, 6.07) is 5.02. The van der Waals surface area contributed by atoms with E-state index in [0.29, 0.717) is 6.54 Å². The Labute approximate surface area is 111 Å². The highest BCUT2D eigenvalue weighted by atomic mass is 79.9. The summed E-state index contributed by atoms with van der Waals surface area (Å²) in [5, 5.41) is 0. The Morgan fingerprint density at radius 3 is 2.65 bits per heavy atom. The third-order valence-corrected chi connectivity index (χ3v) is 3.06. The van der Waals surface area contributed by atoms with E-state index in [0.717, 1.165) is 42.5 Å². The molecule has 1 aromatic rings. The summed E-state index contributed by atoms with van der Waals surface area (Å²) in [5.74, 6) is -0.197. The Hall–Kier alpha value is -0.450. The molecule has 2 nitrogen and oxygen atoms in total. The monoisotopic (exact) mass is 302 g/mol. The van der Waals surface area contributed by atoms with Crippen LogP contribution in [0.5, 0.6) is 0 Å². The second-order valence-electron chi connectivity index (χ2n) is 4.20. The van der Waals surface area contributed by atoms with Gasteiger partial charge in [-0.05, 0) is 36.7 Å². The summed E-state index contributed by atoms with van der Waals surface area (Å²) in [5.41, 5.74) is 6.58. The van der Waals surface area contributed by atoms with E-state index in [1.165, 1.54) is 6.07 Å². The van der Waals surface area contributed by atoms with E-state index in [2.05, 4.69) is 27.8 Å². The zero-order valence-corrected chi connectivity index (χ0v) is 11.8. The predicted octanol–water partition coefficient (Wildman–Crippen LogP) is 3.15. The van der Waals surface area contributed by atoms with Gasteiger partial charge < -0.3 is 5.73 Å². The highest BCUT2D eigenvalue weighted by Crippen LogP contribution is 2.16. The van der Waals surface area contributed by atoms with Crippen molar-refractivity contribution < 1.29 is 4.39 Å². The summed E-state index contributed by atoms with van der Waals surface area (Å²) >= 11 is 3.31. The molecule has 0 saturated heterocycles. The number of nitrogens with zero attached hydrogens (tertiary/aromatic N) is 1. The first-order valence-corrected chi connectivity index (χ1v) is 6.82. The van der Waals surface area contributed by atoms with Crippen molar-refractivity contribution in [1.29, 1.82) is 0 Å². The van der Waals surface area contributed by atoms with Crippen molar-refractivity contribution in [2.24, 2.45) is 5.73 Å². The molecule has 0 aromatic heterocycles. The fraction of sp³-hybridized carbons (Fsp3) is 0.538. The van der Waals surface area contributed by atoms with Gasteiger partial charge >= 0.3 is 0 Å². The summed E-state index contributed by atoms with van der Waals surface area (Å²) in [7, 11) is 0. The second kappa shape index (κ2) is 7.80. The third-order valence-electron chi connectivity index (χ3n) is 2.60. The minimum atomic E-state index is -0.197. The Bertz CT molecular complexity index is 324. The zero-order chi connectivity index (χ0) is 12.7. The fourth-order valence-corrected chi connectivity index (χ4v) is 2.31. The molecule has 96 valence electrons. The van der Waals surface area contributed by atoms with Crippen LogP contribution in [0, 0.1) is 5.82 Å². The van der Waals surface area contributed by atoms with E-state index >= 15 is 0 Å². The van der Waals surface area contributed by atoms with Crippen LogP contribution in [0.15, 0.2) is 22.7 Å². The first-order valence-electron chi connectivity index (χ1n) is 6.03. The van der Waals surface area contributed by atoms with Gasteiger partial charge in [0.1, 0.15) is 5.82 Å². The van der Waals surface area contributed by atoms with E-state index in [-0.39, 0.29) is 5.82 Å². The predicted molar refractivity (Wildman–Crippen MR) is 73.3 cm³/mol. The normalized spacial score (nSPS) is 11.1. The number of unbranched alkanes of at least 4 members (excludes halogenated alkanes) is 1. The first kappa shape index (κ1) is 14.6. The van der Waals surface area contributed by atoms with E-state index in [1.807, 2.05) is 6.07 Å². The highest BCUT2D eigenvalue weighted by Gasteiger charge is 2.06. The Morgan fingerprint density at radius 1 is 1.29 bits per heavy atom. The summed E-state index contributed by atoms with van der Waals surface area (Å²) in [6.07, 6.45) is 2.31. The van der Waals surface area contributed by atoms with Crippen LogP contribution in [0.2, 0.25) is 0 Å². The minimum Gasteiger partial charge on any atom is -0.329 e. The molecule has 1 rings (SSSR count). The first-order chi connectivity index (χ1) is 8.15. The van der Waals surface area contributed by atoms with E-state index in [4.69, 9.17) is 5.73 Å². The lowest BCUT2D eigenvalue weighted by molar-refractivity contribution is 0.268. The average molecular weight is 303 g/mol. The molecule has 0 heterocycles. The van der Waals surface area contributed by atoms with Crippen LogP contribution >= 0.6 is 15.9 Å². The molecule has 1 aromatic carbocycles. The highest BCUT2D eigenvalue weighted by molar-refractivity contribution is 9.10. The molecule has 2 N–H and O–H groups in total. The molecule has 0 saturated carbocycles. The van der Waals surface area contributed by atoms with Gasteiger partial charge in [0.15, 0.2) is 0 Å². The van der Waals surface area contributed by atoms with Gasteiger partial charge in [-0.25, -0.2) is 4.39 Å². The van der Waals surface area contributed by atoms with E-state index in [1.54, 1.807) is 6.07 Å². The quantitative estimate of drug-likeness (QED) is 0.838. The van der Waals surface area contributed by atoms with Crippen LogP contribution in [0.3, 0.4) is 0 Å². The summed E-state index contributed by atoms with van der Waals surface area (Å²) < 4.78 is 14.0. The molecule has 0 aliphatic heterocycles. The molecular weight excluding hydrogens is 283 g/mol. The van der Waals surface area contributed by atoms with Crippen molar-refractivity contribution in [1.82, 2.24) is 4.90 Å². The van der Waals surface area contributed by atoms with Crippen LogP contribution in [0.4, 0.5) is 4.39 Å². The van der Waals surface area contributed by atoms with Gasteiger partial charge in [-0.3, -0.25) is 4.90 Å². The molecule has 0 bridgehead atoms. The van der Waals surface area contributed by atoms with Gasteiger partial charge in [-0.15, -0.1) is 0 Å². The van der Waals surface area contributed by atoms with Crippen molar-refractivity contribution in [2.45, 2.75) is 26.3 Å². The van der Waals surface area contributed by atoms with Crippen LogP contribution in [-0.2, 0) is 6.54 Å². The van der Waals surface area contributed by atoms with E-state index in [9.17, 15) is 4.39 Å². The van der Waals surface area contributed by atoms with Crippen LogP contribution in [0.1, 0.15) is 25.3 Å². The number of hydrogen-bond donors (Lipinski definition) is 1. The minimum absolute atomic E-state index is 0.197. The van der Waals surface area contributed by atoms with Gasteiger partial charge in [-0.2, -0.15) is 0 Å². The molecule has 4 heteroatoms. The van der Waals surface area contributed by atoms with Crippen LogP contribution in [0.25, 0.3) is 0 Å². The van der Waals surface area contributed by atoms with Gasteiger partial charge in [-0.1, -0.05) is 29.3 Å². The maximum Gasteiger partial charge on any atom is 0.124 e. The Morgan fingerprint density at radius 2 is 2.06 bits per heavy atom. The molecule has 0 aliphatic rings. The van der Waals surface area contributed by atoms with Crippen molar-refractivity contribution in [3.8, 4) is 0 Å². The third kappa shape index (κ3) is 5.61. The second-order valence-corrected chi connectivity index (χ2v) is 5.11. The molecule has 0 spiro atoms. The van der Waals surface area contributed by atoms with Crippen molar-refractivity contribution in [2.75, 3.05) is 19.6 Å². The standard InChI is InChI=1S/C13H20BrFN2/c1-2-3-5-17(6-4-16)10-11-7-12(14)9-13(15)8-11/h7-9H,2-6,10,16H2,1H3. The molecule has 0 fully saturated rings. The lowest BCUT2D eigenvalue weighted by atomic mass is 10.2. The molecule has 0 amide bonds. The zero-order valence-electron chi connectivity index (χ0n) is 10.3. The van der Waals surface area contributed by atoms with Crippen LogP contribution in [-0.4, -0.2) is 24.5 Å². The van der Waals surface area contributed by atoms with Crippen molar-refractivity contribution in [3.05, 3.63) is 34.1 Å². The molecular formula is C13H20BrFN2. The molecule has 0 atom stereocenters. The molecule has 0 unspecified atom stereocenters. The lowest BCUT2D eigenvalue weighted by Crippen LogP contribution is -2.30. The SMILES string of the molecule is CCCCN(CCN)Cc1cc(F)cc(Br)c1. The maximum atomic E-state index is 13.2. The van der Waals surface area contributed by atoms with Crippen LogP contribution < -0.4 is 5.73 Å². The smallest absolute Gasteiger partial charge is 0.124 e. The topological polar surface area (TPSA) is 29.3 Å². The molecule has 17 heavy (non-hydrogen) atoms. The van der Waals surface area contributed by atoms with Gasteiger partial charge in [0, 0.05) is 24.1 Å². The van der Waals surface area contributed by atoms with Gasteiger partial charge in [0.05, 0.1) is 0 Å². The average Bonchev–Trinajstić information content (AvgIpc) is 2.24. The van der Waals surface area contributed by atoms with Crippen molar-refractivity contribution >= 4 is 15.9 Å². The number of benzene rings is 1. The Kier molecular flexibility index (Phi) is 6.70. The molecule has 0 aliphatic carbocycles. The Balaban J connectivity index is 2.63. The number of hydrogen-bond acceptors (Lipinski definition) is 2. The summed E-state index contributed by atoms with van der Waals surface area (Å²) in [4.78, 5) is 2.27. The van der Waals surface area contributed by atoms with Gasteiger partial charge in [0.2, 0.25) is 0 Å². The maximum absolute atomic E-state index is 13.2. The van der Waals surface area contributed by atoms with E-state index < -0.39 is 0 Å². The molecule has 0 radical (unpaired) electrons. The number of nitrogens with two attached hydrogens (primary N) is 1. The van der Waals surface area contributed by atoms with Crippen molar-refractivity contribution in [3.63, 3.8) is 0 Å². The summed E-state index contributed by atoms with van der Waals surface area (Å²) in [6.45, 7) is 5.43. The lowest BCUT2D eigenvalue weighted by Gasteiger charge is -2.21. The largest absolute Gasteiger partial charge is 0.329 e. The fourth-order valence-electron chi connectivity index (χ4n) is 1.79. The number of halogens is 2.